The number of carboxylic acids is 4. The normalized spacial score (nSPS) is 20.3. The molecule has 0 bridgehead atoms. The van der Waals surface area contributed by atoms with Gasteiger partial charge in [0.2, 0.25) is 0 Å². The van der Waals surface area contributed by atoms with E-state index in [-0.39, 0.29) is 12.8 Å². The lowest BCUT2D eigenvalue weighted by molar-refractivity contribution is -0.138. The van der Waals surface area contributed by atoms with Crippen LogP contribution in [-0.2, 0) is 19.2 Å². The van der Waals surface area contributed by atoms with Crippen molar-refractivity contribution in [2.75, 3.05) is 13.1 Å². The van der Waals surface area contributed by atoms with Crippen LogP contribution in [-0.4, -0.2) is 69.5 Å². The summed E-state index contributed by atoms with van der Waals surface area (Å²) < 4.78 is 0. The fourth-order valence-electron chi connectivity index (χ4n) is 9.24. The second-order valence-electron chi connectivity index (χ2n) is 19.9. The SMILES string of the molecule is CC1CC(CC2CCC(N)C(C)C2)CCC1N.NCCCCCCN.O=C(O)CCCCCCCCCCC(=O)O.O=C(O)CCCCCCCCCCCCCCCCCCC(=O)O. The van der Waals surface area contributed by atoms with E-state index < -0.39 is 23.9 Å². The van der Waals surface area contributed by atoms with Gasteiger partial charge in [0.1, 0.15) is 0 Å². The average molecular weight is 927 g/mol. The van der Waals surface area contributed by atoms with Gasteiger partial charge in [0.25, 0.3) is 0 Å². The quantitative estimate of drug-likeness (QED) is 0.0271. The Morgan fingerprint density at radius 3 is 0.738 bits per heavy atom. The first kappa shape index (κ1) is 64.8. The van der Waals surface area contributed by atoms with Crippen molar-refractivity contribution in [1.29, 1.82) is 0 Å². The molecule has 2 saturated carbocycles. The van der Waals surface area contributed by atoms with E-state index in [2.05, 4.69) is 13.8 Å². The molecule has 0 amide bonds. The summed E-state index contributed by atoms with van der Waals surface area (Å²) >= 11 is 0. The van der Waals surface area contributed by atoms with Crippen LogP contribution in [0.25, 0.3) is 0 Å². The maximum Gasteiger partial charge on any atom is 0.303 e. The van der Waals surface area contributed by atoms with Crippen LogP contribution in [0.1, 0.15) is 264 Å². The van der Waals surface area contributed by atoms with Gasteiger partial charge in [-0.1, -0.05) is 155 Å². The molecule has 6 atom stereocenters. The molecule has 2 fully saturated rings. The second kappa shape index (κ2) is 48.2. The Morgan fingerprint density at radius 1 is 0.354 bits per heavy atom. The molecule has 0 heterocycles. The Hall–Kier alpha value is -2.28. The molecule has 2 aliphatic carbocycles. The maximum atomic E-state index is 10.4. The van der Waals surface area contributed by atoms with Crippen LogP contribution in [0.5, 0.6) is 0 Å². The van der Waals surface area contributed by atoms with Gasteiger partial charge in [0.15, 0.2) is 0 Å². The number of rotatable bonds is 37. The Labute approximate surface area is 398 Å². The van der Waals surface area contributed by atoms with Gasteiger partial charge in [-0.3, -0.25) is 19.2 Å². The van der Waals surface area contributed by atoms with Gasteiger partial charge in [-0.15, -0.1) is 0 Å². The molecule has 12 heteroatoms. The van der Waals surface area contributed by atoms with Crippen LogP contribution in [0.15, 0.2) is 0 Å². The first-order valence-electron chi connectivity index (χ1n) is 27.0. The summed E-state index contributed by atoms with van der Waals surface area (Å²) in [7, 11) is 0. The third kappa shape index (κ3) is 49.4. The molecule has 0 aliphatic heterocycles. The molecule has 2 rings (SSSR count). The van der Waals surface area contributed by atoms with Crippen molar-refractivity contribution >= 4 is 23.9 Å². The minimum atomic E-state index is -0.714. The first-order chi connectivity index (χ1) is 31.2. The van der Waals surface area contributed by atoms with E-state index in [1.54, 1.807) is 0 Å². The van der Waals surface area contributed by atoms with E-state index in [0.29, 0.717) is 24.9 Å². The van der Waals surface area contributed by atoms with Gasteiger partial charge in [-0.05, 0) is 120 Å². The summed E-state index contributed by atoms with van der Waals surface area (Å²) in [4.78, 5) is 41.2. The monoisotopic (exact) mass is 927 g/mol. The number of hydrogen-bond donors (Lipinski definition) is 8. The van der Waals surface area contributed by atoms with Crippen molar-refractivity contribution in [3.8, 4) is 0 Å². The molecular weight excluding hydrogens is 821 g/mol. The third-order valence-electron chi connectivity index (χ3n) is 13.6. The lowest BCUT2D eigenvalue weighted by atomic mass is 9.71. The Kier molecular flexibility index (Phi) is 48.0. The van der Waals surface area contributed by atoms with Crippen molar-refractivity contribution in [2.45, 2.75) is 276 Å². The zero-order valence-electron chi connectivity index (χ0n) is 42.2. The van der Waals surface area contributed by atoms with Crippen LogP contribution < -0.4 is 22.9 Å². The molecule has 0 aromatic rings. The topological polar surface area (TPSA) is 253 Å². The third-order valence-corrected chi connectivity index (χ3v) is 13.6. The Morgan fingerprint density at radius 2 is 0.554 bits per heavy atom. The molecule has 0 saturated heterocycles. The number of carbonyl (C=O) groups is 4. The van der Waals surface area contributed by atoms with Gasteiger partial charge in [0, 0.05) is 37.8 Å². The lowest BCUT2D eigenvalue weighted by Crippen LogP contribution is -2.37. The number of nitrogens with two attached hydrogens (primary N) is 4. The molecule has 0 spiro atoms. The van der Waals surface area contributed by atoms with Crippen molar-refractivity contribution in [3.63, 3.8) is 0 Å². The van der Waals surface area contributed by atoms with Gasteiger partial charge in [-0.2, -0.15) is 0 Å². The van der Waals surface area contributed by atoms with Gasteiger partial charge < -0.3 is 43.4 Å². The summed E-state index contributed by atoms with van der Waals surface area (Å²) in [6.07, 6.45) is 42.6. The zero-order chi connectivity index (χ0) is 48.8. The number of unbranched alkanes of at least 4 members (excludes halogenated alkanes) is 25. The van der Waals surface area contributed by atoms with Crippen LogP contribution in [0, 0.1) is 23.7 Å². The Balaban J connectivity index is 0. The lowest BCUT2D eigenvalue weighted by Gasteiger charge is -2.37. The number of aliphatic carboxylic acids is 4. The van der Waals surface area contributed by atoms with Gasteiger partial charge in [-0.25, -0.2) is 0 Å². The zero-order valence-corrected chi connectivity index (χ0v) is 42.2. The number of hydrogen-bond acceptors (Lipinski definition) is 8. The standard InChI is InChI=1S/C20H38O4.C15H30N2.C12H22O4.C6H16N2/c21-19(22)17-15-13-11-9-7-5-3-1-2-4-6-8-10-12-14-16-18-20(23)24;1-10-7-12(3-5-14(10)16)9-13-4-6-15(17)11(2)8-13;13-11(14)9-7-5-3-1-2-4-6-8-10-12(15)16;7-5-3-1-2-4-6-8/h1-18H2,(H,21,22)(H,23,24);10-15H,3-9,16-17H2,1-2H3;1-10H2,(H,13,14)(H,15,16);1-8H2. The average Bonchev–Trinajstić information content (AvgIpc) is 3.25. The highest BCUT2D eigenvalue weighted by Gasteiger charge is 2.30. The molecular formula is C53H106N4O8. The van der Waals surface area contributed by atoms with E-state index >= 15 is 0 Å². The second-order valence-corrected chi connectivity index (χ2v) is 19.9. The van der Waals surface area contributed by atoms with Crippen molar-refractivity contribution in [2.24, 2.45) is 46.6 Å². The predicted molar refractivity (Wildman–Crippen MR) is 270 cm³/mol. The first-order valence-corrected chi connectivity index (χ1v) is 27.0. The molecule has 2 aliphatic rings. The van der Waals surface area contributed by atoms with E-state index in [0.717, 1.165) is 127 Å². The van der Waals surface area contributed by atoms with Crippen molar-refractivity contribution < 1.29 is 39.6 Å². The molecule has 12 nitrogen and oxygen atoms in total. The summed E-state index contributed by atoms with van der Waals surface area (Å²) in [5, 5.41) is 33.9. The summed E-state index contributed by atoms with van der Waals surface area (Å²) in [6.45, 7) is 6.31. The molecule has 0 aromatic carbocycles. The summed E-state index contributed by atoms with van der Waals surface area (Å²) in [5.74, 6) is 0.574. The largest absolute Gasteiger partial charge is 0.481 e. The van der Waals surface area contributed by atoms with E-state index in [9.17, 15) is 19.2 Å². The fourth-order valence-corrected chi connectivity index (χ4v) is 9.24. The maximum absolute atomic E-state index is 10.4. The van der Waals surface area contributed by atoms with Crippen LogP contribution >= 0.6 is 0 Å². The van der Waals surface area contributed by atoms with Crippen LogP contribution in [0.4, 0.5) is 0 Å². The Bertz CT molecular complexity index is 1020. The van der Waals surface area contributed by atoms with Crippen molar-refractivity contribution in [1.82, 2.24) is 0 Å². The fraction of sp³-hybridized carbons (Fsp3) is 0.925. The smallest absolute Gasteiger partial charge is 0.303 e. The van der Waals surface area contributed by atoms with E-state index in [4.69, 9.17) is 43.4 Å². The highest BCUT2D eigenvalue weighted by Crippen LogP contribution is 2.38. The van der Waals surface area contributed by atoms with Gasteiger partial charge in [0.05, 0.1) is 0 Å². The summed E-state index contributed by atoms with van der Waals surface area (Å²) in [5.41, 5.74) is 22.8. The van der Waals surface area contributed by atoms with Crippen LogP contribution in [0.3, 0.4) is 0 Å². The minimum Gasteiger partial charge on any atom is -0.481 e. The molecule has 0 aromatic heterocycles. The van der Waals surface area contributed by atoms with Gasteiger partial charge >= 0.3 is 23.9 Å². The molecule has 6 unspecified atom stereocenters. The molecule has 0 radical (unpaired) electrons. The number of carboxylic acid groups (broad SMARTS) is 4. The van der Waals surface area contributed by atoms with Crippen molar-refractivity contribution in [3.05, 3.63) is 0 Å². The highest BCUT2D eigenvalue weighted by atomic mass is 16.4. The van der Waals surface area contributed by atoms with E-state index in [1.807, 2.05) is 0 Å². The predicted octanol–water partition coefficient (Wildman–Crippen LogP) is 12.6. The highest BCUT2D eigenvalue weighted by molar-refractivity contribution is 5.67. The summed E-state index contributed by atoms with van der Waals surface area (Å²) in [6, 6.07) is 0.926. The molecule has 386 valence electrons. The molecule has 65 heavy (non-hydrogen) atoms. The van der Waals surface area contributed by atoms with Crippen LogP contribution in [0.2, 0.25) is 0 Å². The minimum absolute atomic E-state index is 0.276. The van der Waals surface area contributed by atoms with E-state index in [1.165, 1.54) is 135 Å². The molecule has 12 N–H and O–H groups in total.